The van der Waals surface area contributed by atoms with E-state index in [1.165, 1.54) is 12.8 Å². The minimum Gasteiger partial charge on any atom is -0.349 e. The summed E-state index contributed by atoms with van der Waals surface area (Å²) >= 11 is 0. The number of hydrogen-bond acceptors (Lipinski definition) is 3. The van der Waals surface area contributed by atoms with Crippen molar-refractivity contribution in [3.63, 3.8) is 0 Å². The second kappa shape index (κ2) is 6.30. The molecular weight excluding hydrogens is 278 g/mol. The molecule has 116 valence electrons. The third-order valence-corrected chi connectivity index (χ3v) is 4.41. The Bertz CT molecular complexity index is 743. The van der Waals surface area contributed by atoms with Crippen LogP contribution in [0.25, 0.3) is 10.9 Å². The normalized spacial score (nSPS) is 16.4. The maximum absolute atomic E-state index is 12.4. The molecule has 0 unspecified atom stereocenters. The maximum Gasteiger partial charge on any atom is 0.261 e. The molecule has 1 fully saturated rings. The Kier molecular flexibility index (Phi) is 4.22. The summed E-state index contributed by atoms with van der Waals surface area (Å²) in [5.74, 6) is -0.279. The Balaban J connectivity index is 1.88. The van der Waals surface area contributed by atoms with Crippen LogP contribution >= 0.6 is 0 Å². The summed E-state index contributed by atoms with van der Waals surface area (Å²) in [6.07, 6.45) is 8.39. The Morgan fingerprint density at radius 1 is 1.27 bits per heavy atom. The first-order chi connectivity index (χ1) is 10.6. The Morgan fingerprint density at radius 2 is 2.00 bits per heavy atom. The Labute approximate surface area is 129 Å². The molecule has 2 aromatic heterocycles. The number of H-pyrrole nitrogens is 1. The van der Waals surface area contributed by atoms with Crippen molar-refractivity contribution in [2.24, 2.45) is 0 Å². The van der Waals surface area contributed by atoms with E-state index in [1.54, 1.807) is 18.3 Å². The lowest BCUT2D eigenvalue weighted by atomic mass is 10.1. The lowest BCUT2D eigenvalue weighted by Crippen LogP contribution is -2.37. The molecule has 0 saturated heterocycles. The average Bonchev–Trinajstić information content (AvgIpc) is 2.75. The molecule has 3 rings (SSSR count). The molecule has 2 heterocycles. The van der Waals surface area contributed by atoms with Gasteiger partial charge in [-0.3, -0.25) is 14.6 Å². The smallest absolute Gasteiger partial charge is 0.261 e. The average molecular weight is 299 g/mol. The molecule has 5 heteroatoms. The molecule has 0 radical (unpaired) electrons. The fourth-order valence-electron chi connectivity index (χ4n) is 3.12. The maximum atomic E-state index is 12.4. The van der Waals surface area contributed by atoms with Crippen molar-refractivity contribution in [3.8, 4) is 0 Å². The van der Waals surface area contributed by atoms with E-state index in [9.17, 15) is 9.59 Å². The number of aromatic nitrogens is 2. The molecule has 2 aromatic rings. The van der Waals surface area contributed by atoms with Crippen molar-refractivity contribution in [3.05, 3.63) is 39.9 Å². The molecule has 5 nitrogen and oxygen atoms in total. The van der Waals surface area contributed by atoms with Crippen LogP contribution in [-0.2, 0) is 0 Å². The Morgan fingerprint density at radius 3 is 2.73 bits per heavy atom. The van der Waals surface area contributed by atoms with Gasteiger partial charge in [-0.15, -0.1) is 0 Å². The molecule has 0 aromatic carbocycles. The second-order valence-corrected chi connectivity index (χ2v) is 6.03. The van der Waals surface area contributed by atoms with Gasteiger partial charge in [0.1, 0.15) is 5.56 Å². The first-order valence-electron chi connectivity index (χ1n) is 7.94. The molecule has 1 aliphatic rings. The predicted molar refractivity (Wildman–Crippen MR) is 86.1 cm³/mol. The number of rotatable bonds is 2. The van der Waals surface area contributed by atoms with Crippen LogP contribution < -0.4 is 10.9 Å². The molecule has 22 heavy (non-hydrogen) atoms. The van der Waals surface area contributed by atoms with Crippen LogP contribution in [0.2, 0.25) is 0 Å². The number of carbonyl (C=O) groups excluding carboxylic acids is 1. The largest absolute Gasteiger partial charge is 0.349 e. The van der Waals surface area contributed by atoms with Gasteiger partial charge < -0.3 is 10.3 Å². The quantitative estimate of drug-likeness (QED) is 0.837. The number of pyridine rings is 2. The van der Waals surface area contributed by atoms with Crippen molar-refractivity contribution in [2.75, 3.05) is 0 Å². The highest BCUT2D eigenvalue weighted by molar-refractivity contribution is 5.97. The summed E-state index contributed by atoms with van der Waals surface area (Å²) in [6, 6.07) is 3.58. The standard InChI is InChI=1S/C17H21N3O2/c1-11-13-10-14(17(22)20-15(13)8-9-18-11)16(21)19-12-6-4-2-3-5-7-12/h8-10,12H,2-7H2,1H3,(H,19,21)(H,20,22). The van der Waals surface area contributed by atoms with E-state index in [0.717, 1.165) is 36.8 Å². The zero-order valence-corrected chi connectivity index (χ0v) is 12.8. The minimum absolute atomic E-state index is 0.174. The summed E-state index contributed by atoms with van der Waals surface area (Å²) in [5.41, 5.74) is 1.35. The summed E-state index contributed by atoms with van der Waals surface area (Å²) < 4.78 is 0. The van der Waals surface area contributed by atoms with E-state index in [-0.39, 0.29) is 23.1 Å². The number of hydrogen-bond donors (Lipinski definition) is 2. The predicted octanol–water partition coefficient (Wildman–Crippen LogP) is 2.68. The van der Waals surface area contributed by atoms with Gasteiger partial charge in [-0.05, 0) is 31.9 Å². The lowest BCUT2D eigenvalue weighted by Gasteiger charge is -2.16. The van der Waals surface area contributed by atoms with Crippen LogP contribution in [0.1, 0.15) is 54.6 Å². The first kappa shape index (κ1) is 14.8. The summed E-state index contributed by atoms with van der Waals surface area (Å²) in [4.78, 5) is 31.6. The number of fused-ring (bicyclic) bond motifs is 1. The fraction of sp³-hybridized carbons (Fsp3) is 0.471. The van der Waals surface area contributed by atoms with Crippen molar-refractivity contribution >= 4 is 16.8 Å². The number of aromatic amines is 1. The first-order valence-corrected chi connectivity index (χ1v) is 7.94. The van der Waals surface area contributed by atoms with Crippen LogP contribution in [0.5, 0.6) is 0 Å². The van der Waals surface area contributed by atoms with Gasteiger partial charge in [0.05, 0.1) is 5.52 Å². The van der Waals surface area contributed by atoms with Gasteiger partial charge in [0.15, 0.2) is 0 Å². The van der Waals surface area contributed by atoms with Gasteiger partial charge >= 0.3 is 0 Å². The van der Waals surface area contributed by atoms with E-state index in [4.69, 9.17) is 0 Å². The molecule has 1 aliphatic carbocycles. The fourth-order valence-corrected chi connectivity index (χ4v) is 3.12. The van der Waals surface area contributed by atoms with E-state index in [2.05, 4.69) is 15.3 Å². The van der Waals surface area contributed by atoms with Gasteiger partial charge in [0.2, 0.25) is 0 Å². The highest BCUT2D eigenvalue weighted by atomic mass is 16.2. The van der Waals surface area contributed by atoms with E-state index < -0.39 is 0 Å². The number of nitrogens with one attached hydrogen (secondary N) is 2. The zero-order chi connectivity index (χ0) is 15.5. The van der Waals surface area contributed by atoms with Crippen LogP contribution in [-0.4, -0.2) is 21.9 Å². The highest BCUT2D eigenvalue weighted by Gasteiger charge is 2.18. The monoisotopic (exact) mass is 299 g/mol. The third-order valence-electron chi connectivity index (χ3n) is 4.41. The van der Waals surface area contributed by atoms with E-state index in [0.29, 0.717) is 5.52 Å². The molecule has 0 bridgehead atoms. The molecule has 1 amide bonds. The van der Waals surface area contributed by atoms with Gasteiger partial charge in [-0.2, -0.15) is 0 Å². The van der Waals surface area contributed by atoms with Crippen molar-refractivity contribution in [1.82, 2.24) is 15.3 Å². The van der Waals surface area contributed by atoms with Gasteiger partial charge in [0.25, 0.3) is 11.5 Å². The van der Waals surface area contributed by atoms with Gasteiger partial charge in [-0.1, -0.05) is 25.7 Å². The van der Waals surface area contributed by atoms with Crippen LogP contribution in [0.15, 0.2) is 23.1 Å². The highest BCUT2D eigenvalue weighted by Crippen LogP contribution is 2.18. The van der Waals surface area contributed by atoms with Crippen molar-refractivity contribution in [1.29, 1.82) is 0 Å². The van der Waals surface area contributed by atoms with Crippen LogP contribution in [0.4, 0.5) is 0 Å². The molecule has 2 N–H and O–H groups in total. The molecule has 0 spiro atoms. The van der Waals surface area contributed by atoms with Gasteiger partial charge in [-0.25, -0.2) is 0 Å². The second-order valence-electron chi connectivity index (χ2n) is 6.03. The Hall–Kier alpha value is -2.17. The summed E-state index contributed by atoms with van der Waals surface area (Å²) in [7, 11) is 0. The van der Waals surface area contributed by atoms with Gasteiger partial charge in [0, 0.05) is 23.3 Å². The number of amides is 1. The van der Waals surface area contributed by atoms with Crippen molar-refractivity contribution < 1.29 is 4.79 Å². The van der Waals surface area contributed by atoms with E-state index in [1.807, 2.05) is 6.92 Å². The molecular formula is C17H21N3O2. The van der Waals surface area contributed by atoms with E-state index >= 15 is 0 Å². The number of aryl methyl sites for hydroxylation is 1. The number of nitrogens with zero attached hydrogens (tertiary/aromatic N) is 1. The van der Waals surface area contributed by atoms with Crippen LogP contribution in [0, 0.1) is 6.92 Å². The molecule has 0 aliphatic heterocycles. The SMILES string of the molecule is Cc1nccc2[nH]c(=O)c(C(=O)NC3CCCCCC3)cc12. The minimum atomic E-state index is -0.343. The van der Waals surface area contributed by atoms with Crippen LogP contribution in [0.3, 0.4) is 0 Å². The topological polar surface area (TPSA) is 74.8 Å². The molecule has 1 saturated carbocycles. The number of carbonyl (C=O) groups is 1. The third kappa shape index (κ3) is 3.03. The van der Waals surface area contributed by atoms with Crippen molar-refractivity contribution in [2.45, 2.75) is 51.5 Å². The molecule has 0 atom stereocenters. The summed E-state index contributed by atoms with van der Waals surface area (Å²) in [5, 5.41) is 3.83. The lowest BCUT2D eigenvalue weighted by molar-refractivity contribution is 0.0932. The summed E-state index contributed by atoms with van der Waals surface area (Å²) in [6.45, 7) is 1.87. The zero-order valence-electron chi connectivity index (χ0n) is 12.8.